The number of ether oxygens (including phenoxy) is 1. The van der Waals surface area contributed by atoms with Crippen molar-refractivity contribution >= 4 is 29.9 Å². The van der Waals surface area contributed by atoms with Crippen LogP contribution in [-0.4, -0.2) is 79.5 Å². The quantitative estimate of drug-likeness (QED) is 0.396. The summed E-state index contributed by atoms with van der Waals surface area (Å²) in [6, 6.07) is 0. The fourth-order valence-electron chi connectivity index (χ4n) is 2.68. The van der Waals surface area contributed by atoms with Crippen molar-refractivity contribution in [1.29, 1.82) is 0 Å². The van der Waals surface area contributed by atoms with Gasteiger partial charge in [-0.2, -0.15) is 0 Å². The van der Waals surface area contributed by atoms with E-state index in [4.69, 9.17) is 10.5 Å². The summed E-state index contributed by atoms with van der Waals surface area (Å²) < 4.78 is 5.29. The average molecular weight is 412 g/mol. The summed E-state index contributed by atoms with van der Waals surface area (Å²) in [6.45, 7) is 8.56. The normalized spacial score (nSPS) is 23.7. The smallest absolute Gasteiger partial charge is 0.191 e. The molecule has 0 aromatic rings. The van der Waals surface area contributed by atoms with Crippen molar-refractivity contribution < 1.29 is 9.84 Å². The van der Waals surface area contributed by atoms with Gasteiger partial charge in [0.25, 0.3) is 0 Å². The van der Waals surface area contributed by atoms with Crippen LogP contribution in [0.4, 0.5) is 0 Å². The Hall–Kier alpha value is -0.120. The molecule has 0 amide bonds. The first-order valence-corrected chi connectivity index (χ1v) is 7.68. The molecule has 124 valence electrons. The van der Waals surface area contributed by atoms with Gasteiger partial charge in [0.1, 0.15) is 0 Å². The molecule has 0 aromatic heterocycles. The number of nitrogens with zero attached hydrogens (tertiary/aromatic N) is 3. The molecule has 0 aliphatic carbocycles. The van der Waals surface area contributed by atoms with Crippen LogP contribution in [0.1, 0.15) is 19.8 Å². The Morgan fingerprint density at radius 3 is 2.52 bits per heavy atom. The van der Waals surface area contributed by atoms with Crippen molar-refractivity contribution in [3.63, 3.8) is 0 Å². The maximum Gasteiger partial charge on any atom is 0.191 e. The largest absolute Gasteiger partial charge is 0.390 e. The van der Waals surface area contributed by atoms with Crippen LogP contribution in [-0.2, 0) is 4.74 Å². The Balaban J connectivity index is 0.00000220. The van der Waals surface area contributed by atoms with Gasteiger partial charge in [0.05, 0.1) is 25.9 Å². The van der Waals surface area contributed by atoms with Gasteiger partial charge in [0.2, 0.25) is 0 Å². The lowest BCUT2D eigenvalue weighted by Crippen LogP contribution is -2.44. The Kier molecular flexibility index (Phi) is 8.84. The van der Waals surface area contributed by atoms with Crippen LogP contribution in [0.25, 0.3) is 0 Å². The first-order chi connectivity index (χ1) is 9.65. The molecular formula is C14H29IN4O2. The summed E-state index contributed by atoms with van der Waals surface area (Å²) in [5.41, 5.74) is 6.01. The molecule has 2 saturated heterocycles. The zero-order valence-electron chi connectivity index (χ0n) is 12.9. The average Bonchev–Trinajstić information content (AvgIpc) is 2.46. The minimum Gasteiger partial charge on any atom is -0.390 e. The Bertz CT molecular complexity index is 316. The summed E-state index contributed by atoms with van der Waals surface area (Å²) in [7, 11) is 0. The number of aliphatic imine (C=N–C) groups is 1. The highest BCUT2D eigenvalue weighted by Crippen LogP contribution is 2.15. The van der Waals surface area contributed by atoms with Crippen molar-refractivity contribution in [2.45, 2.75) is 25.9 Å². The minimum atomic E-state index is -0.449. The lowest BCUT2D eigenvalue weighted by atomic mass is 10.00. The molecule has 2 aliphatic heterocycles. The summed E-state index contributed by atoms with van der Waals surface area (Å²) in [5.74, 6) is 1.36. The van der Waals surface area contributed by atoms with E-state index in [-0.39, 0.29) is 24.0 Å². The first-order valence-electron chi connectivity index (χ1n) is 7.68. The van der Waals surface area contributed by atoms with Gasteiger partial charge in [-0.1, -0.05) is 6.92 Å². The summed E-state index contributed by atoms with van der Waals surface area (Å²) in [5, 5.41) is 10.0. The molecule has 21 heavy (non-hydrogen) atoms. The number of hydrogen-bond donors (Lipinski definition) is 2. The van der Waals surface area contributed by atoms with Crippen LogP contribution < -0.4 is 5.73 Å². The molecule has 0 saturated carbocycles. The standard InChI is InChI=1S/C14H28N4O2.HI/c1-12-2-4-18(5-3-12)14(15)16-10-13(19)11-17-6-8-20-9-7-17;/h12-13,19H,2-11H2,1H3,(H2,15,16);1H. The number of aliphatic hydroxyl groups is 1. The molecule has 2 aliphatic rings. The molecule has 2 heterocycles. The zero-order valence-corrected chi connectivity index (χ0v) is 15.2. The number of aliphatic hydroxyl groups excluding tert-OH is 1. The van der Waals surface area contributed by atoms with Crippen LogP contribution in [0.5, 0.6) is 0 Å². The second-order valence-corrected chi connectivity index (χ2v) is 5.94. The molecule has 3 N–H and O–H groups in total. The van der Waals surface area contributed by atoms with E-state index < -0.39 is 6.10 Å². The predicted molar refractivity (Wildman–Crippen MR) is 95.1 cm³/mol. The third kappa shape index (κ3) is 6.66. The van der Waals surface area contributed by atoms with Crippen LogP contribution >= 0.6 is 24.0 Å². The highest BCUT2D eigenvalue weighted by molar-refractivity contribution is 14.0. The fraction of sp³-hybridized carbons (Fsp3) is 0.929. The first kappa shape index (κ1) is 18.9. The number of halogens is 1. The van der Waals surface area contributed by atoms with Gasteiger partial charge in [0.15, 0.2) is 5.96 Å². The summed E-state index contributed by atoms with van der Waals surface area (Å²) in [4.78, 5) is 8.69. The Morgan fingerprint density at radius 2 is 1.90 bits per heavy atom. The van der Waals surface area contributed by atoms with E-state index in [1.54, 1.807) is 0 Å². The number of likely N-dealkylation sites (tertiary alicyclic amines) is 1. The van der Waals surface area contributed by atoms with Crippen molar-refractivity contribution in [2.24, 2.45) is 16.6 Å². The topological polar surface area (TPSA) is 74.3 Å². The van der Waals surface area contributed by atoms with E-state index in [9.17, 15) is 5.11 Å². The second kappa shape index (κ2) is 9.81. The van der Waals surface area contributed by atoms with Gasteiger partial charge in [-0.15, -0.1) is 24.0 Å². The molecule has 0 spiro atoms. The number of β-amino-alcohol motifs (C(OH)–C–C–N with tert-alkyl or cyclic N) is 1. The van der Waals surface area contributed by atoms with E-state index in [1.165, 1.54) is 12.8 Å². The fourth-order valence-corrected chi connectivity index (χ4v) is 2.68. The third-order valence-corrected chi connectivity index (χ3v) is 4.14. The van der Waals surface area contributed by atoms with Crippen molar-refractivity contribution in [3.05, 3.63) is 0 Å². The van der Waals surface area contributed by atoms with Crippen LogP contribution in [0.2, 0.25) is 0 Å². The number of piperidine rings is 1. The molecule has 0 radical (unpaired) electrons. The van der Waals surface area contributed by atoms with Gasteiger partial charge >= 0.3 is 0 Å². The van der Waals surface area contributed by atoms with E-state index in [2.05, 4.69) is 21.7 Å². The molecule has 0 bridgehead atoms. The van der Waals surface area contributed by atoms with Crippen molar-refractivity contribution in [3.8, 4) is 0 Å². The molecule has 6 nitrogen and oxygen atoms in total. The molecule has 2 fully saturated rings. The van der Waals surface area contributed by atoms with Crippen LogP contribution in [0.15, 0.2) is 4.99 Å². The van der Waals surface area contributed by atoms with Gasteiger partial charge in [-0.05, 0) is 18.8 Å². The molecular weight excluding hydrogens is 383 g/mol. The number of hydrogen-bond acceptors (Lipinski definition) is 4. The summed E-state index contributed by atoms with van der Waals surface area (Å²) >= 11 is 0. The van der Waals surface area contributed by atoms with Gasteiger partial charge in [0, 0.05) is 32.7 Å². The third-order valence-electron chi connectivity index (χ3n) is 4.14. The molecule has 7 heteroatoms. The number of morpholine rings is 1. The molecule has 1 atom stereocenters. The number of nitrogens with two attached hydrogens (primary N) is 1. The lowest BCUT2D eigenvalue weighted by Gasteiger charge is -2.31. The zero-order chi connectivity index (χ0) is 14.4. The lowest BCUT2D eigenvalue weighted by molar-refractivity contribution is 0.0164. The maximum atomic E-state index is 10.0. The van der Waals surface area contributed by atoms with Gasteiger partial charge < -0.3 is 20.5 Å². The summed E-state index contributed by atoms with van der Waals surface area (Å²) in [6.07, 6.45) is 1.90. The van der Waals surface area contributed by atoms with E-state index in [0.29, 0.717) is 19.0 Å². The maximum absolute atomic E-state index is 10.0. The molecule has 0 aromatic carbocycles. The van der Waals surface area contributed by atoms with E-state index in [0.717, 1.165) is 45.3 Å². The Labute approximate surface area is 144 Å². The Morgan fingerprint density at radius 1 is 1.29 bits per heavy atom. The molecule has 2 rings (SSSR count). The monoisotopic (exact) mass is 412 g/mol. The predicted octanol–water partition coefficient (Wildman–Crippen LogP) is 0.344. The van der Waals surface area contributed by atoms with E-state index >= 15 is 0 Å². The number of rotatable bonds is 4. The van der Waals surface area contributed by atoms with Crippen LogP contribution in [0, 0.1) is 5.92 Å². The minimum absolute atomic E-state index is 0. The number of guanidine groups is 1. The SMILES string of the molecule is CC1CCN(C(N)=NCC(O)CN2CCOCC2)CC1.I. The van der Waals surface area contributed by atoms with Gasteiger partial charge in [-0.3, -0.25) is 9.89 Å². The van der Waals surface area contributed by atoms with E-state index in [1.807, 2.05) is 0 Å². The van der Waals surface area contributed by atoms with Gasteiger partial charge in [-0.25, -0.2) is 0 Å². The highest BCUT2D eigenvalue weighted by atomic mass is 127. The molecule has 1 unspecified atom stereocenters. The van der Waals surface area contributed by atoms with Crippen molar-refractivity contribution in [2.75, 3.05) is 52.5 Å². The second-order valence-electron chi connectivity index (χ2n) is 5.94. The van der Waals surface area contributed by atoms with Crippen molar-refractivity contribution in [1.82, 2.24) is 9.80 Å². The highest BCUT2D eigenvalue weighted by Gasteiger charge is 2.18. The van der Waals surface area contributed by atoms with Crippen LogP contribution in [0.3, 0.4) is 0 Å².